The number of aryl methyl sites for hydroxylation is 3. The van der Waals surface area contributed by atoms with Gasteiger partial charge in [0, 0.05) is 35.6 Å². The molecule has 170 valence electrons. The van der Waals surface area contributed by atoms with E-state index in [1.165, 1.54) is 29.4 Å². The van der Waals surface area contributed by atoms with Crippen molar-refractivity contribution in [2.75, 3.05) is 5.32 Å². The van der Waals surface area contributed by atoms with Crippen LogP contribution in [0.1, 0.15) is 35.2 Å². The Morgan fingerprint density at radius 3 is 2.76 bits per heavy atom. The van der Waals surface area contributed by atoms with Crippen LogP contribution in [0.5, 0.6) is 0 Å². The first-order valence-electron chi connectivity index (χ1n) is 10.5. The van der Waals surface area contributed by atoms with Crippen LogP contribution in [0.2, 0.25) is 0 Å². The van der Waals surface area contributed by atoms with Crippen LogP contribution >= 0.6 is 22.7 Å². The minimum absolute atomic E-state index is 0.0603. The Bertz CT molecular complexity index is 1290. The zero-order valence-electron chi connectivity index (χ0n) is 18.6. The van der Waals surface area contributed by atoms with E-state index in [9.17, 15) is 9.59 Å². The summed E-state index contributed by atoms with van der Waals surface area (Å²) in [5.74, 6) is 1.03. The molecule has 0 unspecified atom stereocenters. The van der Waals surface area contributed by atoms with E-state index in [0.717, 1.165) is 21.0 Å². The van der Waals surface area contributed by atoms with Gasteiger partial charge in [-0.1, -0.05) is 12.1 Å². The molecule has 0 aliphatic carbocycles. The van der Waals surface area contributed by atoms with Gasteiger partial charge >= 0.3 is 0 Å². The molecule has 0 fully saturated rings. The molecular formula is C24H24N4O3S2. The number of carbonyl (C=O) groups excluding carboxylic acids is 2. The van der Waals surface area contributed by atoms with Gasteiger partial charge in [0.05, 0.1) is 23.3 Å². The molecule has 1 aromatic carbocycles. The number of thiazole rings is 1. The molecule has 2 N–H and O–H groups in total. The highest BCUT2D eigenvalue weighted by molar-refractivity contribution is 7.17. The molecule has 0 aliphatic rings. The van der Waals surface area contributed by atoms with E-state index in [4.69, 9.17) is 4.42 Å². The third kappa shape index (κ3) is 5.94. The smallest absolute Gasteiger partial charge is 0.226 e. The molecule has 2 amide bonds. The monoisotopic (exact) mass is 480 g/mol. The predicted molar refractivity (Wildman–Crippen MR) is 131 cm³/mol. The molecule has 0 spiro atoms. The average Bonchev–Trinajstić information content (AvgIpc) is 3.53. The van der Waals surface area contributed by atoms with Crippen molar-refractivity contribution in [1.29, 1.82) is 0 Å². The Morgan fingerprint density at radius 1 is 1.12 bits per heavy atom. The summed E-state index contributed by atoms with van der Waals surface area (Å²) in [5, 5.41) is 8.09. The van der Waals surface area contributed by atoms with Crippen LogP contribution < -0.4 is 10.6 Å². The Balaban J connectivity index is 1.30. The molecule has 0 bridgehead atoms. The van der Waals surface area contributed by atoms with Gasteiger partial charge in [0.1, 0.15) is 0 Å². The molecule has 7 nitrogen and oxygen atoms in total. The topological polar surface area (TPSA) is 97.1 Å². The fourth-order valence-electron chi connectivity index (χ4n) is 3.12. The van der Waals surface area contributed by atoms with Gasteiger partial charge in [0.2, 0.25) is 11.8 Å². The Labute approximate surface area is 199 Å². The van der Waals surface area contributed by atoms with Crippen molar-refractivity contribution in [2.45, 2.75) is 40.2 Å². The van der Waals surface area contributed by atoms with Crippen molar-refractivity contribution in [3.63, 3.8) is 0 Å². The molecular weight excluding hydrogens is 456 g/mol. The zero-order valence-corrected chi connectivity index (χ0v) is 20.2. The summed E-state index contributed by atoms with van der Waals surface area (Å²) in [6.45, 7) is 6.13. The summed E-state index contributed by atoms with van der Waals surface area (Å²) < 4.78 is 5.84. The Hall–Kier alpha value is -3.30. The summed E-state index contributed by atoms with van der Waals surface area (Å²) in [4.78, 5) is 34.3. The Morgan fingerprint density at radius 2 is 1.97 bits per heavy atom. The molecule has 0 atom stereocenters. The lowest BCUT2D eigenvalue weighted by atomic mass is 10.1. The van der Waals surface area contributed by atoms with Crippen molar-refractivity contribution in [3.8, 4) is 21.9 Å². The summed E-state index contributed by atoms with van der Waals surface area (Å²) >= 11 is 2.95. The number of anilines is 1. The van der Waals surface area contributed by atoms with Crippen LogP contribution in [0.25, 0.3) is 21.9 Å². The second-order valence-corrected chi connectivity index (χ2v) is 9.71. The van der Waals surface area contributed by atoms with E-state index in [1.807, 2.05) is 23.6 Å². The second-order valence-electron chi connectivity index (χ2n) is 7.68. The van der Waals surface area contributed by atoms with Gasteiger partial charge in [0.15, 0.2) is 16.8 Å². The lowest BCUT2D eigenvalue weighted by Crippen LogP contribution is -2.17. The van der Waals surface area contributed by atoms with Gasteiger partial charge in [-0.2, -0.15) is 0 Å². The number of amides is 2. The van der Waals surface area contributed by atoms with Crippen molar-refractivity contribution in [3.05, 3.63) is 63.8 Å². The summed E-state index contributed by atoms with van der Waals surface area (Å²) in [6, 6.07) is 10.1. The van der Waals surface area contributed by atoms with Crippen LogP contribution in [0.4, 0.5) is 5.13 Å². The minimum Gasteiger partial charge on any atom is -0.441 e. The van der Waals surface area contributed by atoms with E-state index in [0.29, 0.717) is 29.7 Å². The van der Waals surface area contributed by atoms with Crippen molar-refractivity contribution in [2.24, 2.45) is 0 Å². The molecule has 9 heteroatoms. The van der Waals surface area contributed by atoms with Gasteiger partial charge in [-0.3, -0.25) is 9.59 Å². The van der Waals surface area contributed by atoms with Crippen LogP contribution in [0.15, 0.2) is 46.3 Å². The first-order chi connectivity index (χ1) is 15.9. The van der Waals surface area contributed by atoms with Gasteiger partial charge in [-0.15, -0.1) is 22.7 Å². The number of oxazole rings is 1. The molecule has 33 heavy (non-hydrogen) atoms. The first kappa shape index (κ1) is 22.9. The Kier molecular flexibility index (Phi) is 7.00. The van der Waals surface area contributed by atoms with Crippen molar-refractivity contribution >= 4 is 39.6 Å². The number of nitrogens with zero attached hydrogens (tertiary/aromatic N) is 2. The summed E-state index contributed by atoms with van der Waals surface area (Å²) in [7, 11) is 0. The quantitative estimate of drug-likeness (QED) is 0.354. The maximum absolute atomic E-state index is 12.4. The summed E-state index contributed by atoms with van der Waals surface area (Å²) in [5.41, 5.74) is 4.20. The van der Waals surface area contributed by atoms with Crippen molar-refractivity contribution < 1.29 is 14.0 Å². The first-order valence-corrected chi connectivity index (χ1v) is 12.2. The highest BCUT2D eigenvalue weighted by Gasteiger charge is 2.13. The number of nitrogens with one attached hydrogen (secondary N) is 2. The van der Waals surface area contributed by atoms with Crippen LogP contribution in [0.3, 0.4) is 0 Å². The number of aromatic nitrogens is 2. The molecule has 0 saturated heterocycles. The van der Waals surface area contributed by atoms with Crippen LogP contribution in [0, 0.1) is 13.8 Å². The number of rotatable bonds is 8. The summed E-state index contributed by atoms with van der Waals surface area (Å²) in [6.07, 6.45) is 2.36. The number of hydrogen-bond donors (Lipinski definition) is 2. The van der Waals surface area contributed by atoms with E-state index in [2.05, 4.69) is 46.6 Å². The average molecular weight is 481 g/mol. The van der Waals surface area contributed by atoms with Gasteiger partial charge < -0.3 is 15.1 Å². The lowest BCUT2D eigenvalue weighted by Gasteiger charge is -2.02. The fraction of sp³-hybridized carbons (Fsp3) is 0.250. The zero-order chi connectivity index (χ0) is 23.4. The van der Waals surface area contributed by atoms with E-state index >= 15 is 0 Å². The predicted octanol–water partition coefficient (Wildman–Crippen LogP) is 5.35. The minimum atomic E-state index is -0.139. The molecule has 3 aromatic heterocycles. The van der Waals surface area contributed by atoms with Gasteiger partial charge in [-0.25, -0.2) is 9.97 Å². The van der Waals surface area contributed by atoms with Gasteiger partial charge in [0.25, 0.3) is 0 Å². The number of thiophene rings is 1. The maximum atomic E-state index is 12.4. The molecule has 4 aromatic rings. The molecule has 0 saturated carbocycles. The molecule has 4 rings (SSSR count). The second kappa shape index (κ2) is 10.1. The van der Waals surface area contributed by atoms with E-state index in [1.54, 1.807) is 17.5 Å². The van der Waals surface area contributed by atoms with E-state index in [-0.39, 0.29) is 18.2 Å². The normalized spacial score (nSPS) is 10.9. The lowest BCUT2D eigenvalue weighted by molar-refractivity contribution is -0.119. The third-order valence-corrected chi connectivity index (χ3v) is 6.95. The van der Waals surface area contributed by atoms with Crippen LogP contribution in [-0.2, 0) is 22.6 Å². The molecule has 3 heterocycles. The number of hydrogen-bond acceptors (Lipinski definition) is 7. The van der Waals surface area contributed by atoms with Crippen molar-refractivity contribution in [1.82, 2.24) is 15.3 Å². The molecule has 0 aliphatic heterocycles. The van der Waals surface area contributed by atoms with E-state index < -0.39 is 0 Å². The number of carbonyl (C=O) groups is 2. The SMILES string of the molecule is CC(=O)NCc1ccc(-c2csc(NC(=O)CCc3ncc(-c4ccc(C)c(C)c4)o3)n2)s1. The third-order valence-electron chi connectivity index (χ3n) is 5.09. The maximum Gasteiger partial charge on any atom is 0.226 e. The fourth-order valence-corrected chi connectivity index (χ4v) is 4.83. The van der Waals surface area contributed by atoms with Crippen LogP contribution in [-0.4, -0.2) is 21.8 Å². The highest BCUT2D eigenvalue weighted by atomic mass is 32.1. The highest BCUT2D eigenvalue weighted by Crippen LogP contribution is 2.31. The largest absolute Gasteiger partial charge is 0.441 e. The van der Waals surface area contributed by atoms with Gasteiger partial charge in [-0.05, 0) is 43.2 Å². The molecule has 0 radical (unpaired) electrons. The standard InChI is InChI=1S/C24H24N4O3S2/c1-14-4-5-17(10-15(14)2)20-12-26-23(31-20)9-8-22(30)28-24-27-19(13-32-24)21-7-6-18(33-21)11-25-16(3)29/h4-7,10,12-13H,8-9,11H2,1-3H3,(H,25,29)(H,27,28,30). The number of benzene rings is 1.